The van der Waals surface area contributed by atoms with Gasteiger partial charge in [-0.25, -0.2) is 23.7 Å². The van der Waals surface area contributed by atoms with E-state index in [0.717, 1.165) is 17.7 Å². The number of carbonyl (C=O) groups excluding carboxylic acids is 1. The number of aromatic nitrogens is 4. The summed E-state index contributed by atoms with van der Waals surface area (Å²) in [4.78, 5) is 30.2. The lowest BCUT2D eigenvalue weighted by Crippen LogP contribution is -2.50. The molecule has 1 fully saturated rings. The quantitative estimate of drug-likeness (QED) is 0.455. The van der Waals surface area contributed by atoms with Crippen LogP contribution in [-0.2, 0) is 11.3 Å². The molecule has 2 aromatic carbocycles. The number of rotatable bonds is 5. The summed E-state index contributed by atoms with van der Waals surface area (Å²) >= 11 is 0. The van der Waals surface area contributed by atoms with Gasteiger partial charge in [-0.15, -0.1) is 0 Å². The number of hydrogen-bond donors (Lipinski definition) is 0. The molecule has 4 aromatic rings. The van der Waals surface area contributed by atoms with Gasteiger partial charge >= 0.3 is 0 Å². The van der Waals surface area contributed by atoms with Gasteiger partial charge in [0.25, 0.3) is 0 Å². The van der Waals surface area contributed by atoms with E-state index < -0.39 is 11.6 Å². The molecule has 172 valence electrons. The Balaban J connectivity index is 1.36. The Hall–Kier alpha value is -4.14. The molecule has 1 aliphatic heterocycles. The van der Waals surface area contributed by atoms with Crippen LogP contribution >= 0.6 is 0 Å². The fourth-order valence-electron chi connectivity index (χ4n) is 4.00. The van der Waals surface area contributed by atoms with Crippen LogP contribution in [0.5, 0.6) is 0 Å². The molecule has 0 unspecified atom stereocenters. The van der Waals surface area contributed by atoms with Crippen molar-refractivity contribution in [1.29, 1.82) is 0 Å². The summed E-state index contributed by atoms with van der Waals surface area (Å²) < 4.78 is 29.0. The third kappa shape index (κ3) is 4.50. The molecular weight excluding hydrogens is 438 g/mol. The maximum atomic E-state index is 13.8. The lowest BCUT2D eigenvalue weighted by Gasteiger charge is -2.34. The van der Waals surface area contributed by atoms with Crippen molar-refractivity contribution in [3.63, 3.8) is 0 Å². The van der Waals surface area contributed by atoms with Crippen molar-refractivity contribution < 1.29 is 13.6 Å². The molecular formula is C25H22F2N6O. The van der Waals surface area contributed by atoms with Gasteiger partial charge < -0.3 is 14.4 Å². The second-order valence-corrected chi connectivity index (χ2v) is 7.99. The van der Waals surface area contributed by atoms with E-state index in [-0.39, 0.29) is 12.5 Å². The first-order valence-corrected chi connectivity index (χ1v) is 11.0. The summed E-state index contributed by atoms with van der Waals surface area (Å²) in [6.07, 6.45) is 5.12. The van der Waals surface area contributed by atoms with Crippen LogP contribution in [0, 0.1) is 11.6 Å². The summed E-state index contributed by atoms with van der Waals surface area (Å²) in [7, 11) is 0. The van der Waals surface area contributed by atoms with Crippen molar-refractivity contribution >= 4 is 11.9 Å². The molecule has 0 aliphatic carbocycles. The van der Waals surface area contributed by atoms with Crippen LogP contribution in [0.15, 0.2) is 73.2 Å². The Kier molecular flexibility index (Phi) is 5.99. The lowest BCUT2D eigenvalue weighted by molar-refractivity contribution is -0.132. The molecule has 9 heteroatoms. The van der Waals surface area contributed by atoms with Gasteiger partial charge in [0.1, 0.15) is 12.4 Å². The third-order valence-corrected chi connectivity index (χ3v) is 5.80. The number of hydrogen-bond acceptors (Lipinski definition) is 5. The highest BCUT2D eigenvalue weighted by atomic mass is 19.2. The van der Waals surface area contributed by atoms with Crippen molar-refractivity contribution in [2.24, 2.45) is 0 Å². The number of piperazine rings is 1. The molecule has 0 radical (unpaired) electrons. The van der Waals surface area contributed by atoms with Gasteiger partial charge in [0.05, 0.1) is 5.69 Å². The van der Waals surface area contributed by atoms with Crippen molar-refractivity contribution in [1.82, 2.24) is 24.4 Å². The topological polar surface area (TPSA) is 67.2 Å². The lowest BCUT2D eigenvalue weighted by atomic mass is 10.1. The zero-order valence-electron chi connectivity index (χ0n) is 18.3. The average molecular weight is 460 g/mol. The highest BCUT2D eigenvalue weighted by molar-refractivity contribution is 5.78. The normalized spacial score (nSPS) is 13.8. The minimum absolute atomic E-state index is 0.0416. The molecule has 1 aliphatic rings. The van der Waals surface area contributed by atoms with Crippen LogP contribution in [0.25, 0.3) is 22.6 Å². The van der Waals surface area contributed by atoms with Crippen LogP contribution in [0.4, 0.5) is 14.7 Å². The number of imidazole rings is 1. The van der Waals surface area contributed by atoms with E-state index in [0.29, 0.717) is 49.2 Å². The molecule has 0 spiro atoms. The third-order valence-electron chi connectivity index (χ3n) is 5.80. The largest absolute Gasteiger partial charge is 0.338 e. The molecule has 0 saturated carbocycles. The summed E-state index contributed by atoms with van der Waals surface area (Å²) in [5.74, 6) is -0.650. The first-order valence-electron chi connectivity index (χ1n) is 11.0. The van der Waals surface area contributed by atoms with Crippen LogP contribution in [0.1, 0.15) is 0 Å². The van der Waals surface area contributed by atoms with E-state index in [1.165, 1.54) is 6.07 Å². The van der Waals surface area contributed by atoms with Crippen molar-refractivity contribution in [2.45, 2.75) is 6.54 Å². The zero-order valence-corrected chi connectivity index (χ0v) is 18.3. The minimum Gasteiger partial charge on any atom is -0.338 e. The molecule has 7 nitrogen and oxygen atoms in total. The smallest absolute Gasteiger partial charge is 0.242 e. The highest BCUT2D eigenvalue weighted by Crippen LogP contribution is 2.26. The maximum Gasteiger partial charge on any atom is 0.242 e. The number of anilines is 1. The molecule has 34 heavy (non-hydrogen) atoms. The fourth-order valence-corrected chi connectivity index (χ4v) is 4.00. The summed E-state index contributed by atoms with van der Waals surface area (Å²) in [5.41, 5.74) is 1.74. The summed E-state index contributed by atoms with van der Waals surface area (Å²) in [6.45, 7) is 2.49. The second-order valence-electron chi connectivity index (χ2n) is 7.99. The monoisotopic (exact) mass is 460 g/mol. The van der Waals surface area contributed by atoms with Gasteiger partial charge in [0.2, 0.25) is 11.9 Å². The maximum absolute atomic E-state index is 13.8. The Morgan fingerprint density at radius 3 is 2.29 bits per heavy atom. The van der Waals surface area contributed by atoms with Crippen molar-refractivity contribution in [3.8, 4) is 22.6 Å². The molecule has 1 saturated heterocycles. The summed E-state index contributed by atoms with van der Waals surface area (Å²) in [6, 6.07) is 14.9. The van der Waals surface area contributed by atoms with Crippen LogP contribution in [-0.4, -0.2) is 56.5 Å². The number of halogens is 2. The van der Waals surface area contributed by atoms with Gasteiger partial charge in [0.15, 0.2) is 11.6 Å². The molecule has 0 N–H and O–H groups in total. The minimum atomic E-state index is -0.940. The molecule has 2 aromatic heterocycles. The van der Waals surface area contributed by atoms with E-state index in [9.17, 15) is 13.6 Å². The van der Waals surface area contributed by atoms with Gasteiger partial charge in [-0.05, 0) is 24.3 Å². The van der Waals surface area contributed by atoms with Crippen LogP contribution < -0.4 is 4.90 Å². The second kappa shape index (κ2) is 9.38. The van der Waals surface area contributed by atoms with Gasteiger partial charge in [-0.2, -0.15) is 0 Å². The molecule has 0 bridgehead atoms. The van der Waals surface area contributed by atoms with Gasteiger partial charge in [-0.3, -0.25) is 4.79 Å². The molecule has 3 heterocycles. The van der Waals surface area contributed by atoms with Gasteiger partial charge in [-0.1, -0.05) is 30.3 Å². The summed E-state index contributed by atoms with van der Waals surface area (Å²) in [5, 5.41) is 0. The number of amides is 1. The fraction of sp³-hybridized carbons (Fsp3) is 0.200. The Morgan fingerprint density at radius 1 is 0.853 bits per heavy atom. The van der Waals surface area contributed by atoms with Gasteiger partial charge in [0, 0.05) is 55.9 Å². The Morgan fingerprint density at radius 2 is 1.59 bits per heavy atom. The van der Waals surface area contributed by atoms with Crippen LogP contribution in [0.2, 0.25) is 0 Å². The average Bonchev–Trinajstić information content (AvgIpc) is 3.30. The first-order chi connectivity index (χ1) is 16.6. The van der Waals surface area contributed by atoms with E-state index in [1.54, 1.807) is 29.2 Å². The highest BCUT2D eigenvalue weighted by Gasteiger charge is 2.24. The number of benzene rings is 2. The van der Waals surface area contributed by atoms with E-state index in [4.69, 9.17) is 0 Å². The number of carbonyl (C=O) groups is 1. The van der Waals surface area contributed by atoms with Crippen molar-refractivity contribution in [3.05, 3.63) is 84.8 Å². The van der Waals surface area contributed by atoms with E-state index in [2.05, 4.69) is 19.9 Å². The molecule has 5 rings (SSSR count). The van der Waals surface area contributed by atoms with Crippen molar-refractivity contribution in [2.75, 3.05) is 31.1 Å². The standard InChI is InChI=1S/C25H22F2N6O/c26-20-8-7-19(15-21(20)27)22-16-33(24(30-22)18-5-2-1-3-6-18)17-23(34)31-11-13-32(14-12-31)25-28-9-4-10-29-25/h1-10,15-16H,11-14,17H2. The Labute approximate surface area is 195 Å². The number of nitrogens with zero attached hydrogens (tertiary/aromatic N) is 6. The predicted molar refractivity (Wildman–Crippen MR) is 124 cm³/mol. The predicted octanol–water partition coefficient (Wildman–Crippen LogP) is 3.63. The first kappa shape index (κ1) is 21.7. The Bertz CT molecular complexity index is 1290. The molecule has 0 atom stereocenters. The van der Waals surface area contributed by atoms with Crippen LogP contribution in [0.3, 0.4) is 0 Å². The van der Waals surface area contributed by atoms with E-state index in [1.807, 2.05) is 35.2 Å². The van der Waals surface area contributed by atoms with E-state index >= 15 is 0 Å². The SMILES string of the molecule is O=C(Cn1cc(-c2ccc(F)c(F)c2)nc1-c1ccccc1)N1CCN(c2ncccn2)CC1. The molecule has 1 amide bonds. The zero-order chi connectivity index (χ0) is 23.5.